The summed E-state index contributed by atoms with van der Waals surface area (Å²) in [6, 6.07) is 16.1. The van der Waals surface area contributed by atoms with E-state index in [-0.39, 0.29) is 25.1 Å². The van der Waals surface area contributed by atoms with Gasteiger partial charge in [-0.2, -0.15) is 5.10 Å². The number of anilines is 1. The van der Waals surface area contributed by atoms with Crippen molar-refractivity contribution in [3.8, 4) is 17.2 Å². The van der Waals surface area contributed by atoms with Crippen molar-refractivity contribution in [2.75, 3.05) is 12.1 Å². The van der Waals surface area contributed by atoms with Gasteiger partial charge in [0, 0.05) is 18.0 Å². The second-order valence-corrected chi connectivity index (χ2v) is 7.52. The van der Waals surface area contributed by atoms with Crippen LogP contribution >= 0.6 is 11.6 Å². The highest BCUT2D eigenvalue weighted by Crippen LogP contribution is 2.35. The van der Waals surface area contributed by atoms with E-state index in [4.69, 9.17) is 30.2 Å². The summed E-state index contributed by atoms with van der Waals surface area (Å²) in [6.45, 7) is 0.920. The first-order valence-electron chi connectivity index (χ1n) is 9.82. The molecule has 0 fully saturated rings. The van der Waals surface area contributed by atoms with E-state index in [2.05, 4.69) is 10.4 Å². The second kappa shape index (κ2) is 8.68. The van der Waals surface area contributed by atoms with E-state index < -0.39 is 0 Å². The highest BCUT2D eigenvalue weighted by molar-refractivity contribution is 6.30. The van der Waals surface area contributed by atoms with Gasteiger partial charge in [0.2, 0.25) is 6.79 Å². The van der Waals surface area contributed by atoms with Crippen LogP contribution in [0.2, 0.25) is 5.02 Å². The molecular formula is C23H18ClN3O5. The number of nitrogens with one attached hydrogen (secondary N) is 1. The molecule has 0 saturated heterocycles. The van der Waals surface area contributed by atoms with E-state index in [0.29, 0.717) is 40.3 Å². The minimum Gasteiger partial charge on any atom is -0.486 e. The van der Waals surface area contributed by atoms with Gasteiger partial charge < -0.3 is 23.9 Å². The molecule has 4 aromatic rings. The number of nitrogens with zero attached hydrogens (tertiary/aromatic N) is 2. The molecule has 9 heteroatoms. The fraction of sp³-hybridized carbons (Fsp3) is 0.130. The lowest BCUT2D eigenvalue weighted by Gasteiger charge is -2.07. The lowest BCUT2D eigenvalue weighted by Crippen LogP contribution is -2.11. The van der Waals surface area contributed by atoms with Crippen molar-refractivity contribution < 1.29 is 23.4 Å². The van der Waals surface area contributed by atoms with Crippen molar-refractivity contribution in [1.82, 2.24) is 9.78 Å². The summed E-state index contributed by atoms with van der Waals surface area (Å²) in [5, 5.41) is 7.59. The first-order chi connectivity index (χ1) is 15.6. The lowest BCUT2D eigenvalue weighted by molar-refractivity contribution is 0.0992. The maximum atomic E-state index is 12.6. The number of rotatable bonds is 7. The molecule has 32 heavy (non-hydrogen) atoms. The molecular weight excluding hydrogens is 434 g/mol. The van der Waals surface area contributed by atoms with Gasteiger partial charge in [0.1, 0.15) is 18.1 Å². The van der Waals surface area contributed by atoms with E-state index in [0.717, 1.165) is 5.56 Å². The van der Waals surface area contributed by atoms with Gasteiger partial charge in [0.15, 0.2) is 17.3 Å². The molecule has 1 amide bonds. The van der Waals surface area contributed by atoms with Crippen LogP contribution in [0, 0.1) is 0 Å². The monoisotopic (exact) mass is 451 g/mol. The van der Waals surface area contributed by atoms with Crippen molar-refractivity contribution in [2.45, 2.75) is 13.2 Å². The number of furan rings is 1. The minimum absolute atomic E-state index is 0.175. The van der Waals surface area contributed by atoms with Crippen molar-refractivity contribution in [2.24, 2.45) is 0 Å². The molecule has 0 atom stereocenters. The third-order valence-corrected chi connectivity index (χ3v) is 4.94. The van der Waals surface area contributed by atoms with E-state index in [1.54, 1.807) is 47.4 Å². The van der Waals surface area contributed by atoms with Crippen LogP contribution in [-0.2, 0) is 13.2 Å². The third-order valence-electron chi connectivity index (χ3n) is 4.74. The van der Waals surface area contributed by atoms with Crippen LogP contribution in [0.5, 0.6) is 17.2 Å². The summed E-state index contributed by atoms with van der Waals surface area (Å²) >= 11 is 5.91. The Labute approximate surface area is 188 Å². The number of carbonyl (C=O) groups is 1. The summed E-state index contributed by atoms with van der Waals surface area (Å²) in [7, 11) is 0. The summed E-state index contributed by atoms with van der Waals surface area (Å²) in [6.07, 6.45) is 3.32. The van der Waals surface area contributed by atoms with Crippen molar-refractivity contribution in [1.29, 1.82) is 0 Å². The first-order valence-corrected chi connectivity index (χ1v) is 10.2. The Morgan fingerprint density at radius 3 is 2.91 bits per heavy atom. The molecule has 2 aromatic heterocycles. The largest absolute Gasteiger partial charge is 0.486 e. The SMILES string of the molecule is O=C(Nc1cccc(Cn2cc(Cl)cn2)c1)c1ccc(COc2ccc3c(c2)OCO3)o1. The number of halogens is 1. The molecule has 0 unspecified atom stereocenters. The Morgan fingerprint density at radius 1 is 1.12 bits per heavy atom. The van der Waals surface area contributed by atoms with Crippen LogP contribution in [-0.4, -0.2) is 22.5 Å². The van der Waals surface area contributed by atoms with Crippen LogP contribution in [0.1, 0.15) is 21.9 Å². The molecule has 0 bridgehead atoms. The maximum absolute atomic E-state index is 12.6. The maximum Gasteiger partial charge on any atom is 0.291 e. The molecule has 1 N–H and O–H groups in total. The zero-order valence-electron chi connectivity index (χ0n) is 16.8. The predicted molar refractivity (Wildman–Crippen MR) is 116 cm³/mol. The van der Waals surface area contributed by atoms with Gasteiger partial charge in [0.25, 0.3) is 5.91 Å². The zero-order valence-corrected chi connectivity index (χ0v) is 17.5. The average Bonchev–Trinajstić information content (AvgIpc) is 3.53. The zero-order chi connectivity index (χ0) is 21.9. The Hall–Kier alpha value is -3.91. The van der Waals surface area contributed by atoms with Gasteiger partial charge in [-0.1, -0.05) is 23.7 Å². The molecule has 5 rings (SSSR count). The van der Waals surface area contributed by atoms with Crippen LogP contribution in [0.4, 0.5) is 5.69 Å². The van der Waals surface area contributed by atoms with E-state index >= 15 is 0 Å². The fourth-order valence-corrected chi connectivity index (χ4v) is 3.41. The first kappa shape index (κ1) is 20.0. The molecule has 3 heterocycles. The molecule has 2 aromatic carbocycles. The topological polar surface area (TPSA) is 87.8 Å². The molecule has 0 aliphatic carbocycles. The molecule has 0 saturated carbocycles. The number of carbonyl (C=O) groups excluding carboxylic acids is 1. The second-order valence-electron chi connectivity index (χ2n) is 7.08. The number of hydrogen-bond acceptors (Lipinski definition) is 6. The van der Waals surface area contributed by atoms with Gasteiger partial charge in [-0.15, -0.1) is 0 Å². The summed E-state index contributed by atoms with van der Waals surface area (Å²) in [5.74, 6) is 2.31. The van der Waals surface area contributed by atoms with Crippen LogP contribution in [0.3, 0.4) is 0 Å². The van der Waals surface area contributed by atoms with E-state index in [9.17, 15) is 4.79 Å². The lowest BCUT2D eigenvalue weighted by atomic mass is 10.2. The van der Waals surface area contributed by atoms with Gasteiger partial charge in [0.05, 0.1) is 17.8 Å². The number of benzene rings is 2. The standard InChI is InChI=1S/C23H18ClN3O5/c24-16-10-25-27(12-16)11-15-2-1-3-17(8-15)26-23(28)21-7-5-19(32-21)13-29-18-4-6-20-22(9-18)31-14-30-20/h1-10,12H,11,13-14H2,(H,26,28). The summed E-state index contributed by atoms with van der Waals surface area (Å²) in [4.78, 5) is 12.6. The van der Waals surface area contributed by atoms with Gasteiger partial charge >= 0.3 is 0 Å². The van der Waals surface area contributed by atoms with Gasteiger partial charge in [-0.25, -0.2) is 0 Å². The smallest absolute Gasteiger partial charge is 0.291 e. The molecule has 8 nitrogen and oxygen atoms in total. The van der Waals surface area contributed by atoms with Crippen LogP contribution < -0.4 is 19.5 Å². The van der Waals surface area contributed by atoms with Crippen molar-refractivity contribution >= 4 is 23.2 Å². The van der Waals surface area contributed by atoms with Crippen molar-refractivity contribution in [3.63, 3.8) is 0 Å². The number of amides is 1. The summed E-state index contributed by atoms with van der Waals surface area (Å²) < 4.78 is 23.7. The average molecular weight is 452 g/mol. The highest BCUT2D eigenvalue weighted by atomic mass is 35.5. The quantitative estimate of drug-likeness (QED) is 0.436. The number of ether oxygens (including phenoxy) is 3. The number of fused-ring (bicyclic) bond motifs is 1. The summed E-state index contributed by atoms with van der Waals surface area (Å²) in [5.41, 5.74) is 1.63. The molecule has 0 spiro atoms. The molecule has 1 aliphatic heterocycles. The molecule has 1 aliphatic rings. The van der Waals surface area contributed by atoms with Crippen LogP contribution in [0.15, 0.2) is 71.4 Å². The molecule has 0 radical (unpaired) electrons. The Balaban J connectivity index is 1.19. The fourth-order valence-electron chi connectivity index (χ4n) is 3.25. The van der Waals surface area contributed by atoms with Crippen molar-refractivity contribution in [3.05, 3.63) is 89.1 Å². The van der Waals surface area contributed by atoms with Crippen LogP contribution in [0.25, 0.3) is 0 Å². The Bertz CT molecular complexity index is 1270. The van der Waals surface area contributed by atoms with Gasteiger partial charge in [-0.3, -0.25) is 9.48 Å². The Morgan fingerprint density at radius 2 is 2.03 bits per heavy atom. The predicted octanol–water partition coefficient (Wildman–Crippen LogP) is 4.74. The normalized spacial score (nSPS) is 12.0. The van der Waals surface area contributed by atoms with E-state index in [1.807, 2.05) is 24.3 Å². The number of aromatic nitrogens is 2. The highest BCUT2D eigenvalue weighted by Gasteiger charge is 2.15. The molecule has 162 valence electrons. The van der Waals surface area contributed by atoms with E-state index in [1.165, 1.54) is 0 Å². The van der Waals surface area contributed by atoms with Gasteiger partial charge in [-0.05, 0) is 42.0 Å². The number of hydrogen-bond donors (Lipinski definition) is 1. The minimum atomic E-state index is -0.349. The Kier molecular flexibility index (Phi) is 5.43. The third kappa shape index (κ3) is 4.55.